The number of rotatable bonds is 2. The predicted molar refractivity (Wildman–Crippen MR) is 80.5 cm³/mol. The highest BCUT2D eigenvalue weighted by Crippen LogP contribution is 2.38. The molecule has 0 unspecified atom stereocenters. The van der Waals surface area contributed by atoms with E-state index in [0.717, 1.165) is 15.7 Å². The fourth-order valence-corrected chi connectivity index (χ4v) is 3.53. The van der Waals surface area contributed by atoms with Gasteiger partial charge in [-0.3, -0.25) is 4.40 Å². The second kappa shape index (κ2) is 5.40. The quantitative estimate of drug-likeness (QED) is 0.673. The maximum Gasteiger partial charge on any atom is 0.435 e. The number of nitrogens with zero attached hydrogens (tertiary/aromatic N) is 2. The predicted octanol–water partition coefficient (Wildman–Crippen LogP) is 5.09. The first-order chi connectivity index (χ1) is 10.7. The van der Waals surface area contributed by atoms with Crippen LogP contribution < -0.4 is 0 Å². The summed E-state index contributed by atoms with van der Waals surface area (Å²) < 4.78 is 40.0. The minimum atomic E-state index is -4.87. The number of aromatic carboxylic acids is 1. The van der Waals surface area contributed by atoms with Gasteiger partial charge in [-0.1, -0.05) is 23.2 Å². The molecule has 0 bridgehead atoms. The van der Waals surface area contributed by atoms with Crippen molar-refractivity contribution in [3.05, 3.63) is 45.0 Å². The Morgan fingerprint density at radius 2 is 2.00 bits per heavy atom. The maximum absolute atomic E-state index is 13.0. The Morgan fingerprint density at radius 1 is 1.30 bits per heavy atom. The average Bonchev–Trinajstić information content (AvgIpc) is 2.96. The van der Waals surface area contributed by atoms with E-state index in [1.54, 1.807) is 0 Å². The smallest absolute Gasteiger partial charge is 0.435 e. The van der Waals surface area contributed by atoms with Gasteiger partial charge in [0.15, 0.2) is 16.3 Å². The fraction of sp³-hybridized carbons (Fsp3) is 0.0769. The van der Waals surface area contributed by atoms with E-state index < -0.39 is 23.5 Å². The van der Waals surface area contributed by atoms with Crippen LogP contribution in [0.3, 0.4) is 0 Å². The van der Waals surface area contributed by atoms with Crippen LogP contribution in [0.15, 0.2) is 23.6 Å². The minimum Gasteiger partial charge on any atom is -0.476 e. The van der Waals surface area contributed by atoms with Crippen LogP contribution in [0, 0.1) is 0 Å². The molecule has 120 valence electrons. The number of carboxylic acid groups (broad SMARTS) is 1. The lowest BCUT2D eigenvalue weighted by molar-refractivity contribution is -0.141. The number of imidazole rings is 1. The number of fused-ring (bicyclic) bond motifs is 1. The largest absolute Gasteiger partial charge is 0.476 e. The van der Waals surface area contributed by atoms with E-state index in [2.05, 4.69) is 4.98 Å². The number of hydrogen-bond acceptors (Lipinski definition) is 3. The summed E-state index contributed by atoms with van der Waals surface area (Å²) in [7, 11) is 0. The molecule has 0 aliphatic heterocycles. The molecule has 0 saturated carbocycles. The molecule has 0 atom stereocenters. The summed E-state index contributed by atoms with van der Waals surface area (Å²) in [5.74, 6) is -1.73. The van der Waals surface area contributed by atoms with Crippen molar-refractivity contribution in [3.63, 3.8) is 0 Å². The number of carbonyl (C=O) groups is 1. The van der Waals surface area contributed by atoms with Crippen molar-refractivity contribution in [1.82, 2.24) is 9.38 Å². The van der Waals surface area contributed by atoms with E-state index >= 15 is 0 Å². The monoisotopic (exact) mass is 380 g/mol. The van der Waals surface area contributed by atoms with Crippen LogP contribution in [0.5, 0.6) is 0 Å². The van der Waals surface area contributed by atoms with Gasteiger partial charge in [-0.15, -0.1) is 11.3 Å². The molecule has 0 spiro atoms. The van der Waals surface area contributed by atoms with Gasteiger partial charge >= 0.3 is 12.1 Å². The summed E-state index contributed by atoms with van der Waals surface area (Å²) >= 11 is 12.8. The topological polar surface area (TPSA) is 54.6 Å². The molecular weight excluding hydrogens is 376 g/mol. The molecule has 0 fully saturated rings. The summed E-state index contributed by atoms with van der Waals surface area (Å²) in [4.78, 5) is 14.7. The van der Waals surface area contributed by atoms with E-state index in [1.807, 2.05) is 0 Å². The molecule has 0 radical (unpaired) electrons. The third-order valence-electron chi connectivity index (χ3n) is 3.04. The molecule has 0 aliphatic carbocycles. The second-order valence-electron chi connectivity index (χ2n) is 4.48. The molecule has 2 heterocycles. The minimum absolute atomic E-state index is 0.0873. The number of carboxylic acids is 1. The summed E-state index contributed by atoms with van der Waals surface area (Å²) in [6.07, 6.45) is -4.87. The Hall–Kier alpha value is -1.77. The highest BCUT2D eigenvalue weighted by Gasteiger charge is 2.41. The van der Waals surface area contributed by atoms with Gasteiger partial charge in [0.25, 0.3) is 0 Å². The second-order valence-corrected chi connectivity index (χ2v) is 6.16. The van der Waals surface area contributed by atoms with Gasteiger partial charge in [0, 0.05) is 16.0 Å². The van der Waals surface area contributed by atoms with Gasteiger partial charge in [0.2, 0.25) is 0 Å². The number of alkyl halides is 3. The lowest BCUT2D eigenvalue weighted by Gasteiger charge is -2.07. The van der Waals surface area contributed by atoms with Crippen LogP contribution in [0.1, 0.15) is 16.2 Å². The zero-order valence-corrected chi connectivity index (χ0v) is 13.2. The molecule has 0 aliphatic rings. The van der Waals surface area contributed by atoms with E-state index in [0.29, 0.717) is 10.6 Å². The number of hydrogen-bond donors (Lipinski definition) is 1. The molecule has 10 heteroatoms. The van der Waals surface area contributed by atoms with Gasteiger partial charge in [0.05, 0.1) is 10.7 Å². The van der Waals surface area contributed by atoms with Crippen molar-refractivity contribution < 1.29 is 23.1 Å². The van der Waals surface area contributed by atoms with Crippen molar-refractivity contribution in [2.75, 3.05) is 0 Å². The van der Waals surface area contributed by atoms with Gasteiger partial charge in [-0.25, -0.2) is 9.78 Å². The molecule has 2 aromatic heterocycles. The van der Waals surface area contributed by atoms with Crippen LogP contribution in [0.2, 0.25) is 10.0 Å². The standard InChI is InChI=1S/C13H5Cl2F3N2O2S/c14-5-1-2-6(7(15)3-5)8-4-23-12-19-10(13(16,17)18)9(11(21)22)20(8)12/h1-4H,(H,21,22). The summed E-state index contributed by atoms with van der Waals surface area (Å²) in [5, 5.41) is 11.2. The summed E-state index contributed by atoms with van der Waals surface area (Å²) in [5.41, 5.74) is -1.83. The first kappa shape index (κ1) is 16.1. The zero-order chi connectivity index (χ0) is 16.9. The Bertz CT molecular complexity index is 933. The van der Waals surface area contributed by atoms with Gasteiger partial charge < -0.3 is 5.11 Å². The molecular formula is C13H5Cl2F3N2O2S. The molecule has 23 heavy (non-hydrogen) atoms. The lowest BCUT2D eigenvalue weighted by Crippen LogP contribution is -2.14. The van der Waals surface area contributed by atoms with E-state index in [4.69, 9.17) is 23.2 Å². The number of benzene rings is 1. The number of aromatic nitrogens is 2. The Labute approximate surface area is 140 Å². The van der Waals surface area contributed by atoms with Crippen LogP contribution in [-0.4, -0.2) is 20.5 Å². The van der Waals surface area contributed by atoms with E-state index in [9.17, 15) is 23.1 Å². The third-order valence-corrected chi connectivity index (χ3v) is 4.42. The molecule has 4 nitrogen and oxygen atoms in total. The van der Waals surface area contributed by atoms with Crippen LogP contribution >= 0.6 is 34.5 Å². The highest BCUT2D eigenvalue weighted by atomic mass is 35.5. The first-order valence-electron chi connectivity index (χ1n) is 5.96. The van der Waals surface area contributed by atoms with Crippen LogP contribution in [-0.2, 0) is 6.18 Å². The van der Waals surface area contributed by atoms with Crippen molar-refractivity contribution >= 4 is 45.5 Å². The lowest BCUT2D eigenvalue weighted by atomic mass is 10.1. The average molecular weight is 381 g/mol. The molecule has 1 aromatic carbocycles. The van der Waals surface area contributed by atoms with Gasteiger partial charge in [-0.05, 0) is 18.2 Å². The summed E-state index contributed by atoms with van der Waals surface area (Å²) in [6, 6.07) is 4.43. The Balaban J connectivity index is 2.36. The molecule has 0 amide bonds. The number of halogens is 5. The fourth-order valence-electron chi connectivity index (χ4n) is 2.14. The van der Waals surface area contributed by atoms with Crippen molar-refractivity contribution in [3.8, 4) is 11.3 Å². The first-order valence-corrected chi connectivity index (χ1v) is 7.59. The van der Waals surface area contributed by atoms with Crippen LogP contribution in [0.25, 0.3) is 16.2 Å². The van der Waals surface area contributed by atoms with Gasteiger partial charge in [-0.2, -0.15) is 13.2 Å². The molecule has 3 aromatic rings. The van der Waals surface area contributed by atoms with Crippen molar-refractivity contribution in [2.45, 2.75) is 6.18 Å². The third kappa shape index (κ3) is 2.66. The molecule has 3 rings (SSSR count). The van der Waals surface area contributed by atoms with Crippen LogP contribution in [0.4, 0.5) is 13.2 Å². The van der Waals surface area contributed by atoms with E-state index in [-0.39, 0.29) is 15.7 Å². The molecule has 1 N–H and O–H groups in total. The van der Waals surface area contributed by atoms with Crippen molar-refractivity contribution in [2.24, 2.45) is 0 Å². The van der Waals surface area contributed by atoms with Crippen molar-refractivity contribution in [1.29, 1.82) is 0 Å². The maximum atomic E-state index is 13.0. The summed E-state index contributed by atoms with van der Waals surface area (Å²) in [6.45, 7) is 0. The molecule has 0 saturated heterocycles. The normalized spacial score (nSPS) is 12.0. The SMILES string of the molecule is O=C(O)c1c(C(F)(F)F)nc2scc(-c3ccc(Cl)cc3Cl)n12. The number of thiazole rings is 1. The highest BCUT2D eigenvalue weighted by molar-refractivity contribution is 7.15. The van der Waals surface area contributed by atoms with Gasteiger partial charge in [0.1, 0.15) is 0 Å². The Kier molecular flexibility index (Phi) is 3.78. The van der Waals surface area contributed by atoms with E-state index in [1.165, 1.54) is 23.6 Å². The zero-order valence-electron chi connectivity index (χ0n) is 10.9. The Morgan fingerprint density at radius 3 is 2.57 bits per heavy atom.